The van der Waals surface area contributed by atoms with Crippen LogP contribution in [0.25, 0.3) is 11.6 Å². The third-order valence-electron chi connectivity index (χ3n) is 4.39. The second kappa shape index (κ2) is 10.4. The summed E-state index contributed by atoms with van der Waals surface area (Å²) in [5, 5.41) is 10.1. The molecule has 0 saturated heterocycles. The molecule has 3 rings (SSSR count). The number of nitrogens with zero attached hydrogens (tertiary/aromatic N) is 1. The Morgan fingerprint density at radius 2 is 1.77 bits per heavy atom. The highest BCUT2D eigenvalue weighted by molar-refractivity contribution is 6.32. The second-order valence-corrected chi connectivity index (χ2v) is 6.84. The quantitative estimate of drug-likeness (QED) is 0.313. The van der Waals surface area contributed by atoms with Crippen LogP contribution < -0.4 is 14.2 Å². The van der Waals surface area contributed by atoms with E-state index in [1.54, 1.807) is 19.3 Å². The number of rotatable bonds is 8. The molecule has 0 N–H and O–H groups in total. The van der Waals surface area contributed by atoms with E-state index in [4.69, 9.17) is 25.8 Å². The Morgan fingerprint density at radius 1 is 1.03 bits per heavy atom. The largest absolute Gasteiger partial charge is 0.497 e. The maximum Gasteiger partial charge on any atom is 0.180 e. The lowest BCUT2D eigenvalue weighted by molar-refractivity contribution is 0.269. The molecule has 152 valence electrons. The van der Waals surface area contributed by atoms with Gasteiger partial charge in [-0.05, 0) is 66.1 Å². The highest BCUT2D eigenvalue weighted by Gasteiger charge is 2.13. The first kappa shape index (κ1) is 21.3. The summed E-state index contributed by atoms with van der Waals surface area (Å²) in [7, 11) is 1.61. The average molecular weight is 420 g/mol. The average Bonchev–Trinajstić information content (AvgIpc) is 2.78. The topological polar surface area (TPSA) is 51.5 Å². The first-order valence-corrected chi connectivity index (χ1v) is 9.91. The number of benzene rings is 3. The van der Waals surface area contributed by atoms with Crippen LogP contribution in [0, 0.1) is 11.3 Å². The van der Waals surface area contributed by atoms with Crippen molar-refractivity contribution in [1.82, 2.24) is 0 Å². The lowest BCUT2D eigenvalue weighted by Gasteiger charge is -2.15. The van der Waals surface area contributed by atoms with E-state index in [-0.39, 0.29) is 0 Å². The summed E-state index contributed by atoms with van der Waals surface area (Å²) in [6, 6.07) is 23.0. The molecule has 0 spiro atoms. The van der Waals surface area contributed by atoms with Gasteiger partial charge >= 0.3 is 0 Å². The summed E-state index contributed by atoms with van der Waals surface area (Å²) < 4.78 is 16.9. The molecule has 0 fully saturated rings. The summed E-state index contributed by atoms with van der Waals surface area (Å²) in [5.74, 6) is 1.76. The van der Waals surface area contributed by atoms with E-state index in [0.717, 1.165) is 22.4 Å². The molecule has 0 radical (unpaired) electrons. The molecular formula is C25H22ClNO3. The standard InChI is InChI=1S/C25H22ClNO3/c1-3-29-24-15-19(13-21(16-27)20-9-11-22(28-2)12-10-20)14-23(26)25(24)30-17-18-7-5-4-6-8-18/h4-15H,3,17H2,1-2H3/b21-13+. The molecule has 0 atom stereocenters. The van der Waals surface area contributed by atoms with E-state index in [0.29, 0.717) is 35.3 Å². The van der Waals surface area contributed by atoms with Crippen LogP contribution in [0.15, 0.2) is 66.7 Å². The predicted octanol–water partition coefficient (Wildman–Crippen LogP) is 6.39. The van der Waals surface area contributed by atoms with Gasteiger partial charge in [0, 0.05) is 0 Å². The van der Waals surface area contributed by atoms with Crippen molar-refractivity contribution in [1.29, 1.82) is 5.26 Å². The summed E-state index contributed by atoms with van der Waals surface area (Å²) in [4.78, 5) is 0. The summed E-state index contributed by atoms with van der Waals surface area (Å²) in [6.45, 7) is 2.75. The Hall–Kier alpha value is -3.42. The fourth-order valence-corrected chi connectivity index (χ4v) is 3.20. The minimum atomic E-state index is 0.380. The lowest BCUT2D eigenvalue weighted by atomic mass is 10.0. The Labute approximate surface area is 181 Å². The lowest BCUT2D eigenvalue weighted by Crippen LogP contribution is -2.01. The van der Waals surface area contributed by atoms with Gasteiger partial charge in [-0.2, -0.15) is 5.26 Å². The van der Waals surface area contributed by atoms with Gasteiger partial charge in [0.15, 0.2) is 11.5 Å². The first-order valence-electron chi connectivity index (χ1n) is 9.54. The van der Waals surface area contributed by atoms with Gasteiger partial charge in [0.1, 0.15) is 12.4 Å². The van der Waals surface area contributed by atoms with Crippen LogP contribution in [-0.4, -0.2) is 13.7 Å². The monoisotopic (exact) mass is 419 g/mol. The Morgan fingerprint density at radius 3 is 2.40 bits per heavy atom. The first-order chi connectivity index (χ1) is 14.6. The Balaban J connectivity index is 1.91. The molecule has 0 saturated carbocycles. The molecule has 0 unspecified atom stereocenters. The number of ether oxygens (including phenoxy) is 3. The maximum atomic E-state index is 9.64. The van der Waals surface area contributed by atoms with Gasteiger partial charge in [0.2, 0.25) is 0 Å². The van der Waals surface area contributed by atoms with E-state index in [9.17, 15) is 5.26 Å². The van der Waals surface area contributed by atoms with Gasteiger partial charge in [-0.15, -0.1) is 0 Å². The molecule has 0 bridgehead atoms. The van der Waals surface area contributed by atoms with Crippen LogP contribution in [0.1, 0.15) is 23.6 Å². The summed E-state index contributed by atoms with van der Waals surface area (Å²) >= 11 is 6.52. The number of halogens is 1. The van der Waals surface area contributed by atoms with Crippen LogP contribution in [0.5, 0.6) is 17.2 Å². The maximum absolute atomic E-state index is 9.64. The summed E-state index contributed by atoms with van der Waals surface area (Å²) in [6.07, 6.45) is 1.77. The van der Waals surface area contributed by atoms with Gasteiger partial charge in [0.05, 0.1) is 30.4 Å². The summed E-state index contributed by atoms with van der Waals surface area (Å²) in [5.41, 5.74) is 3.08. The van der Waals surface area contributed by atoms with Crippen LogP contribution in [0.4, 0.5) is 0 Å². The molecule has 0 amide bonds. The second-order valence-electron chi connectivity index (χ2n) is 6.44. The minimum Gasteiger partial charge on any atom is -0.497 e. The van der Waals surface area contributed by atoms with Crippen LogP contribution >= 0.6 is 11.6 Å². The van der Waals surface area contributed by atoms with Gasteiger partial charge in [-0.3, -0.25) is 0 Å². The van der Waals surface area contributed by atoms with Gasteiger partial charge in [-0.25, -0.2) is 0 Å². The number of hydrogen-bond acceptors (Lipinski definition) is 4. The Kier molecular flexibility index (Phi) is 7.37. The Bertz CT molecular complexity index is 1050. The molecule has 5 heteroatoms. The molecule has 0 aliphatic rings. The number of hydrogen-bond donors (Lipinski definition) is 0. The van der Waals surface area contributed by atoms with Crippen molar-refractivity contribution in [3.05, 3.63) is 88.4 Å². The fraction of sp³-hybridized carbons (Fsp3) is 0.160. The van der Waals surface area contributed by atoms with Crippen molar-refractivity contribution >= 4 is 23.3 Å². The zero-order valence-corrected chi connectivity index (χ0v) is 17.6. The molecular weight excluding hydrogens is 398 g/mol. The number of methoxy groups -OCH3 is 1. The molecule has 4 nitrogen and oxygen atoms in total. The zero-order valence-electron chi connectivity index (χ0n) is 16.9. The van der Waals surface area contributed by atoms with Crippen LogP contribution in [0.3, 0.4) is 0 Å². The molecule has 3 aromatic carbocycles. The van der Waals surface area contributed by atoms with E-state index in [1.165, 1.54) is 0 Å². The van der Waals surface area contributed by atoms with Crippen molar-refractivity contribution in [2.75, 3.05) is 13.7 Å². The number of nitriles is 1. The normalized spacial score (nSPS) is 10.9. The SMILES string of the molecule is CCOc1cc(/C=C(\C#N)c2ccc(OC)cc2)cc(Cl)c1OCc1ccccc1. The van der Waals surface area contributed by atoms with E-state index < -0.39 is 0 Å². The van der Waals surface area contributed by atoms with Gasteiger partial charge in [0.25, 0.3) is 0 Å². The van der Waals surface area contributed by atoms with E-state index in [1.807, 2.05) is 67.6 Å². The number of allylic oxidation sites excluding steroid dienone is 1. The molecule has 30 heavy (non-hydrogen) atoms. The van der Waals surface area contributed by atoms with Crippen molar-refractivity contribution in [3.8, 4) is 23.3 Å². The third-order valence-corrected chi connectivity index (χ3v) is 4.67. The van der Waals surface area contributed by atoms with E-state index >= 15 is 0 Å². The van der Waals surface area contributed by atoms with Crippen molar-refractivity contribution in [2.24, 2.45) is 0 Å². The minimum absolute atomic E-state index is 0.380. The van der Waals surface area contributed by atoms with Crippen LogP contribution in [-0.2, 0) is 6.61 Å². The van der Waals surface area contributed by atoms with Crippen molar-refractivity contribution in [3.63, 3.8) is 0 Å². The molecule has 0 aliphatic carbocycles. The third kappa shape index (κ3) is 5.34. The van der Waals surface area contributed by atoms with E-state index in [2.05, 4.69) is 6.07 Å². The fourth-order valence-electron chi connectivity index (χ4n) is 2.92. The van der Waals surface area contributed by atoms with Gasteiger partial charge in [-0.1, -0.05) is 41.9 Å². The smallest absolute Gasteiger partial charge is 0.180 e. The molecule has 0 aromatic heterocycles. The predicted molar refractivity (Wildman–Crippen MR) is 120 cm³/mol. The zero-order chi connectivity index (χ0) is 21.3. The van der Waals surface area contributed by atoms with Crippen LogP contribution in [0.2, 0.25) is 5.02 Å². The highest BCUT2D eigenvalue weighted by atomic mass is 35.5. The van der Waals surface area contributed by atoms with Gasteiger partial charge < -0.3 is 14.2 Å². The van der Waals surface area contributed by atoms with Crippen molar-refractivity contribution in [2.45, 2.75) is 13.5 Å². The molecule has 3 aromatic rings. The van der Waals surface area contributed by atoms with Crippen molar-refractivity contribution < 1.29 is 14.2 Å². The molecule has 0 aliphatic heterocycles. The molecule has 0 heterocycles. The highest BCUT2D eigenvalue weighted by Crippen LogP contribution is 2.38.